The van der Waals surface area contributed by atoms with Crippen molar-refractivity contribution >= 4 is 23.4 Å². The van der Waals surface area contributed by atoms with Gasteiger partial charge in [-0.2, -0.15) is 0 Å². The molecule has 1 aromatic carbocycles. The zero-order valence-electron chi connectivity index (χ0n) is 11.9. The van der Waals surface area contributed by atoms with Crippen molar-refractivity contribution in [2.75, 3.05) is 18.2 Å². The molecule has 2 aromatic rings. The van der Waals surface area contributed by atoms with E-state index in [1.165, 1.54) is 16.4 Å². The predicted molar refractivity (Wildman–Crippen MR) is 80.5 cm³/mol. The van der Waals surface area contributed by atoms with Crippen molar-refractivity contribution in [1.82, 2.24) is 14.9 Å². The molecule has 21 heavy (non-hydrogen) atoms. The van der Waals surface area contributed by atoms with Gasteiger partial charge in [0.2, 0.25) is 5.16 Å². The first-order valence-electron chi connectivity index (χ1n) is 6.44. The van der Waals surface area contributed by atoms with Crippen LogP contribution in [0.1, 0.15) is 29.5 Å². The highest BCUT2D eigenvalue weighted by atomic mass is 32.2. The van der Waals surface area contributed by atoms with Crippen LogP contribution in [0.3, 0.4) is 0 Å². The Morgan fingerprint density at radius 1 is 1.43 bits per heavy atom. The van der Waals surface area contributed by atoms with Crippen molar-refractivity contribution in [3.05, 3.63) is 29.6 Å². The van der Waals surface area contributed by atoms with E-state index in [1.54, 1.807) is 25.1 Å². The fourth-order valence-electron chi connectivity index (χ4n) is 1.59. The van der Waals surface area contributed by atoms with Crippen LogP contribution >= 0.6 is 11.8 Å². The number of carbonyl (C=O) groups excluding carboxylic acids is 1. The summed E-state index contributed by atoms with van der Waals surface area (Å²) in [7, 11) is 0. The Kier molecular flexibility index (Phi) is 4.69. The van der Waals surface area contributed by atoms with Gasteiger partial charge in [0, 0.05) is 10.6 Å². The number of benzene rings is 1. The van der Waals surface area contributed by atoms with Crippen LogP contribution in [0.5, 0.6) is 0 Å². The summed E-state index contributed by atoms with van der Waals surface area (Å²) in [6, 6.07) is 5.04. The second-order valence-corrected chi connectivity index (χ2v) is 5.40. The van der Waals surface area contributed by atoms with Gasteiger partial charge in [0.05, 0.1) is 12.2 Å². The summed E-state index contributed by atoms with van der Waals surface area (Å²) >= 11 is 1.24. The van der Waals surface area contributed by atoms with Gasteiger partial charge >= 0.3 is 5.97 Å². The van der Waals surface area contributed by atoms with Gasteiger partial charge in [-0.25, -0.2) is 9.47 Å². The lowest BCUT2D eigenvalue weighted by molar-refractivity contribution is 0.0501. The Labute approximate surface area is 126 Å². The zero-order chi connectivity index (χ0) is 15.4. The van der Waals surface area contributed by atoms with Crippen LogP contribution in [-0.4, -0.2) is 27.4 Å². The number of hydrogen-bond acceptors (Lipinski definition) is 7. The Bertz CT molecular complexity index is 656. The summed E-state index contributed by atoms with van der Waals surface area (Å²) in [5, 5.41) is 8.33. The highest BCUT2D eigenvalue weighted by molar-refractivity contribution is 7.99. The fourth-order valence-corrected chi connectivity index (χ4v) is 2.48. The minimum absolute atomic E-state index is 0.365. The molecule has 2 rings (SSSR count). The molecule has 1 heterocycles. The van der Waals surface area contributed by atoms with Crippen LogP contribution in [0.2, 0.25) is 0 Å². The van der Waals surface area contributed by atoms with Crippen LogP contribution in [0.15, 0.2) is 28.3 Å². The molecule has 0 saturated carbocycles. The molecule has 7 nitrogen and oxygen atoms in total. The van der Waals surface area contributed by atoms with Crippen molar-refractivity contribution in [3.63, 3.8) is 0 Å². The normalized spacial score (nSPS) is 10.6. The molecule has 4 N–H and O–H groups in total. The number of nitrogens with two attached hydrogens (primary N) is 2. The van der Waals surface area contributed by atoms with Crippen molar-refractivity contribution in [3.8, 4) is 0 Å². The molecule has 0 aliphatic heterocycles. The van der Waals surface area contributed by atoms with Gasteiger partial charge < -0.3 is 16.3 Å². The molecule has 8 heteroatoms. The molecule has 0 radical (unpaired) electrons. The number of ether oxygens (including phenoxy) is 1. The SMILES string of the molecule is CCCOC(=O)c1cc(N)ccc1Sc1nnc(C)n1N. The third-order valence-electron chi connectivity index (χ3n) is 2.70. The first-order valence-corrected chi connectivity index (χ1v) is 7.26. The maximum absolute atomic E-state index is 12.1. The molecular formula is C13H17N5O2S. The minimum atomic E-state index is -0.411. The summed E-state index contributed by atoms with van der Waals surface area (Å²) < 4.78 is 6.53. The maximum Gasteiger partial charge on any atom is 0.339 e. The Hall–Kier alpha value is -2.22. The summed E-state index contributed by atoms with van der Waals surface area (Å²) in [4.78, 5) is 12.8. The Morgan fingerprint density at radius 2 is 2.19 bits per heavy atom. The third kappa shape index (κ3) is 3.46. The lowest BCUT2D eigenvalue weighted by Crippen LogP contribution is -2.12. The molecule has 0 fully saturated rings. The summed E-state index contributed by atoms with van der Waals surface area (Å²) in [6.45, 7) is 4.04. The molecule has 0 atom stereocenters. The van der Waals surface area contributed by atoms with Crippen LogP contribution in [0, 0.1) is 6.92 Å². The molecule has 0 saturated heterocycles. The monoisotopic (exact) mass is 307 g/mol. The van der Waals surface area contributed by atoms with Gasteiger partial charge in [-0.1, -0.05) is 6.92 Å². The Morgan fingerprint density at radius 3 is 2.81 bits per heavy atom. The summed E-state index contributed by atoms with van der Waals surface area (Å²) in [6.07, 6.45) is 0.757. The lowest BCUT2D eigenvalue weighted by Gasteiger charge is -2.09. The van der Waals surface area contributed by atoms with Gasteiger partial charge in [-0.05, 0) is 43.3 Å². The summed E-state index contributed by atoms with van der Waals surface area (Å²) in [5.41, 5.74) is 6.64. The number of esters is 1. The van der Waals surface area contributed by atoms with Crippen molar-refractivity contribution in [2.24, 2.45) is 0 Å². The highest BCUT2D eigenvalue weighted by Gasteiger charge is 2.17. The summed E-state index contributed by atoms with van der Waals surface area (Å²) in [5.74, 6) is 5.99. The molecular weight excluding hydrogens is 290 g/mol. The molecule has 0 amide bonds. The van der Waals surface area contributed by atoms with E-state index < -0.39 is 5.97 Å². The molecule has 0 aliphatic rings. The molecule has 112 valence electrons. The highest BCUT2D eigenvalue weighted by Crippen LogP contribution is 2.30. The molecule has 0 unspecified atom stereocenters. The fraction of sp³-hybridized carbons (Fsp3) is 0.308. The number of nitrogens with zero attached hydrogens (tertiary/aromatic N) is 3. The molecule has 1 aromatic heterocycles. The average Bonchev–Trinajstić information content (AvgIpc) is 2.78. The van der Waals surface area contributed by atoms with E-state index in [9.17, 15) is 4.79 Å². The number of aromatic nitrogens is 3. The first-order chi connectivity index (χ1) is 10.0. The number of anilines is 1. The van der Waals surface area contributed by atoms with Crippen molar-refractivity contribution < 1.29 is 9.53 Å². The number of carbonyl (C=O) groups is 1. The first kappa shape index (κ1) is 15.2. The van der Waals surface area contributed by atoms with Gasteiger partial charge in [0.25, 0.3) is 0 Å². The van der Waals surface area contributed by atoms with E-state index in [0.717, 1.165) is 6.42 Å². The van der Waals surface area contributed by atoms with Crippen LogP contribution < -0.4 is 11.6 Å². The maximum atomic E-state index is 12.1. The predicted octanol–water partition coefficient (Wildman–Crippen LogP) is 1.60. The van der Waals surface area contributed by atoms with E-state index in [0.29, 0.717) is 33.7 Å². The van der Waals surface area contributed by atoms with Gasteiger partial charge in [0.15, 0.2) is 0 Å². The van der Waals surface area contributed by atoms with Gasteiger partial charge in [0.1, 0.15) is 5.82 Å². The molecule has 0 aliphatic carbocycles. The second kappa shape index (κ2) is 6.49. The van der Waals surface area contributed by atoms with Crippen LogP contribution in [0.25, 0.3) is 0 Å². The topological polar surface area (TPSA) is 109 Å². The minimum Gasteiger partial charge on any atom is -0.462 e. The van der Waals surface area contributed by atoms with E-state index in [2.05, 4.69) is 10.2 Å². The zero-order valence-corrected chi connectivity index (χ0v) is 12.7. The van der Waals surface area contributed by atoms with Crippen LogP contribution in [-0.2, 0) is 4.74 Å². The molecule has 0 spiro atoms. The van der Waals surface area contributed by atoms with Crippen molar-refractivity contribution in [1.29, 1.82) is 0 Å². The lowest BCUT2D eigenvalue weighted by atomic mass is 10.2. The average molecular weight is 307 g/mol. The Balaban J connectivity index is 2.30. The molecule has 0 bridgehead atoms. The van der Waals surface area contributed by atoms with Crippen molar-refractivity contribution in [2.45, 2.75) is 30.3 Å². The van der Waals surface area contributed by atoms with E-state index in [-0.39, 0.29) is 0 Å². The number of nitrogen functional groups attached to an aromatic ring is 2. The van der Waals surface area contributed by atoms with E-state index in [1.807, 2.05) is 6.92 Å². The van der Waals surface area contributed by atoms with Gasteiger partial charge in [-0.3, -0.25) is 0 Å². The van der Waals surface area contributed by atoms with E-state index >= 15 is 0 Å². The second-order valence-electron chi connectivity index (χ2n) is 4.39. The van der Waals surface area contributed by atoms with Gasteiger partial charge in [-0.15, -0.1) is 10.2 Å². The van der Waals surface area contributed by atoms with Crippen LogP contribution in [0.4, 0.5) is 5.69 Å². The van der Waals surface area contributed by atoms with E-state index in [4.69, 9.17) is 16.3 Å². The smallest absolute Gasteiger partial charge is 0.339 e. The number of hydrogen-bond donors (Lipinski definition) is 2. The number of aryl methyl sites for hydroxylation is 1. The number of rotatable bonds is 5. The quantitative estimate of drug-likeness (QED) is 0.490. The largest absolute Gasteiger partial charge is 0.462 e. The third-order valence-corrected chi connectivity index (χ3v) is 3.73. The standard InChI is InChI=1S/C13H17N5O2S/c1-3-6-20-12(19)10-7-9(14)4-5-11(10)21-13-17-16-8(2)18(13)15/h4-5,7H,3,6,14-15H2,1-2H3.